The number of carbonyl (C=O) groups excluding carboxylic acids is 1. The zero-order valence-corrected chi connectivity index (χ0v) is 19.1. The van der Waals surface area contributed by atoms with Gasteiger partial charge in [-0.3, -0.25) is 0 Å². The number of hydrogen-bond acceptors (Lipinski definition) is 1. The Balaban J connectivity index is 1.39. The number of fused-ring (bicyclic) bond motifs is 2. The molecule has 0 spiro atoms. The number of aryl methyl sites for hydroxylation is 1. The molecule has 5 heteroatoms. The van der Waals surface area contributed by atoms with Crippen molar-refractivity contribution in [3.63, 3.8) is 0 Å². The lowest BCUT2D eigenvalue weighted by molar-refractivity contribution is 0.185. The maximum atomic E-state index is 13.0. The van der Waals surface area contributed by atoms with E-state index in [0.717, 1.165) is 66.2 Å². The summed E-state index contributed by atoms with van der Waals surface area (Å²) in [5.41, 5.74) is 3.12. The number of anilines is 1. The topological polar surface area (TPSA) is 32.3 Å². The van der Waals surface area contributed by atoms with Crippen LogP contribution in [0.15, 0.2) is 42.5 Å². The number of carbonyl (C=O) groups is 1. The average Bonchev–Trinajstić information content (AvgIpc) is 3.03. The molecule has 2 aromatic carbocycles. The van der Waals surface area contributed by atoms with Crippen molar-refractivity contribution >= 4 is 34.9 Å². The fourth-order valence-corrected chi connectivity index (χ4v) is 5.88. The number of para-hydroxylation sites is 1. The molecule has 2 fully saturated rings. The van der Waals surface area contributed by atoms with Gasteiger partial charge in [-0.1, -0.05) is 48.3 Å². The van der Waals surface area contributed by atoms with Gasteiger partial charge in [-0.15, -0.1) is 0 Å². The molecule has 2 amide bonds. The Bertz CT molecular complexity index is 863. The van der Waals surface area contributed by atoms with Gasteiger partial charge in [-0.2, -0.15) is 0 Å². The predicted octanol–water partition coefficient (Wildman–Crippen LogP) is 7.35. The van der Waals surface area contributed by atoms with Gasteiger partial charge in [0.05, 0.1) is 0 Å². The minimum Gasteiger partial charge on any atom is -0.319 e. The van der Waals surface area contributed by atoms with Gasteiger partial charge in [0.1, 0.15) is 0 Å². The summed E-state index contributed by atoms with van der Waals surface area (Å²) in [5.74, 6) is 0.602. The molecule has 3 unspecified atom stereocenters. The molecule has 0 aliphatic carbocycles. The van der Waals surface area contributed by atoms with Crippen molar-refractivity contribution in [2.75, 3.05) is 5.32 Å². The molecule has 3 nitrogen and oxygen atoms in total. The Labute approximate surface area is 189 Å². The molecule has 2 aromatic rings. The van der Waals surface area contributed by atoms with Crippen LogP contribution in [-0.4, -0.2) is 23.0 Å². The second kappa shape index (κ2) is 9.62. The lowest BCUT2D eigenvalue weighted by Gasteiger charge is -2.29. The Morgan fingerprint density at radius 1 is 1.03 bits per heavy atom. The van der Waals surface area contributed by atoms with Crippen molar-refractivity contribution in [2.24, 2.45) is 5.92 Å². The van der Waals surface area contributed by atoms with Crippen molar-refractivity contribution in [3.8, 4) is 0 Å². The first-order valence-corrected chi connectivity index (χ1v) is 11.9. The summed E-state index contributed by atoms with van der Waals surface area (Å²) in [6.45, 7) is 2.11. The lowest BCUT2D eigenvalue weighted by atomic mass is 9.87. The summed E-state index contributed by atoms with van der Waals surface area (Å²) >= 11 is 13.0. The number of urea groups is 1. The number of amides is 2. The summed E-state index contributed by atoms with van der Waals surface area (Å²) in [6.07, 6.45) is 8.46. The van der Waals surface area contributed by atoms with E-state index in [1.165, 1.54) is 12.0 Å². The van der Waals surface area contributed by atoms with Gasteiger partial charge in [0, 0.05) is 27.8 Å². The maximum Gasteiger partial charge on any atom is 0.322 e. The van der Waals surface area contributed by atoms with E-state index in [9.17, 15) is 4.79 Å². The predicted molar refractivity (Wildman–Crippen MR) is 126 cm³/mol. The first-order valence-electron chi connectivity index (χ1n) is 11.2. The van der Waals surface area contributed by atoms with Crippen LogP contribution in [0.1, 0.15) is 56.6 Å². The average molecular weight is 445 g/mol. The van der Waals surface area contributed by atoms with Gasteiger partial charge < -0.3 is 10.2 Å². The van der Waals surface area contributed by atoms with E-state index in [1.807, 2.05) is 42.5 Å². The van der Waals surface area contributed by atoms with E-state index in [1.54, 1.807) is 0 Å². The highest BCUT2D eigenvalue weighted by Gasteiger charge is 2.40. The normalized spacial score (nSPS) is 23.3. The van der Waals surface area contributed by atoms with Crippen molar-refractivity contribution in [1.29, 1.82) is 0 Å². The number of nitrogens with zero attached hydrogens (tertiary/aromatic N) is 1. The van der Waals surface area contributed by atoms with Crippen molar-refractivity contribution in [1.82, 2.24) is 4.90 Å². The van der Waals surface area contributed by atoms with Crippen LogP contribution in [0.4, 0.5) is 10.5 Å². The monoisotopic (exact) mass is 444 g/mol. The minimum absolute atomic E-state index is 0.0515. The van der Waals surface area contributed by atoms with Gasteiger partial charge in [0.2, 0.25) is 0 Å². The second-order valence-corrected chi connectivity index (χ2v) is 9.51. The summed E-state index contributed by atoms with van der Waals surface area (Å²) < 4.78 is 0. The highest BCUT2D eigenvalue weighted by molar-refractivity contribution is 6.36. The smallest absolute Gasteiger partial charge is 0.319 e. The van der Waals surface area contributed by atoms with E-state index in [0.29, 0.717) is 18.0 Å². The van der Waals surface area contributed by atoms with Gasteiger partial charge in [0.15, 0.2) is 0 Å². The molecule has 0 radical (unpaired) electrons. The third-order valence-corrected chi connectivity index (χ3v) is 7.48. The molecule has 2 aliphatic heterocycles. The van der Waals surface area contributed by atoms with Crippen LogP contribution in [0.3, 0.4) is 0 Å². The van der Waals surface area contributed by atoms with Crippen LogP contribution in [0.2, 0.25) is 10.0 Å². The van der Waals surface area contributed by atoms with Crippen LogP contribution in [0.5, 0.6) is 0 Å². The molecule has 1 N–H and O–H groups in total. The Kier molecular flexibility index (Phi) is 6.90. The summed E-state index contributed by atoms with van der Waals surface area (Å²) in [4.78, 5) is 15.1. The number of halogens is 2. The molecule has 2 saturated heterocycles. The first kappa shape index (κ1) is 21.5. The zero-order valence-electron chi connectivity index (χ0n) is 17.5. The molecule has 4 rings (SSSR count). The van der Waals surface area contributed by atoms with E-state index < -0.39 is 0 Å². The quantitative estimate of drug-likeness (QED) is 0.513. The van der Waals surface area contributed by atoms with Crippen LogP contribution in [0, 0.1) is 5.92 Å². The molecule has 3 atom stereocenters. The van der Waals surface area contributed by atoms with Crippen LogP contribution in [0.25, 0.3) is 0 Å². The molecule has 2 heterocycles. The molecule has 30 heavy (non-hydrogen) atoms. The summed E-state index contributed by atoms with van der Waals surface area (Å²) in [7, 11) is 0. The minimum atomic E-state index is 0.0515. The third kappa shape index (κ3) is 4.78. The first-order chi connectivity index (χ1) is 14.5. The SMILES string of the molecule is CCc1cc(Cl)c(CCC2CCC3CCC(C2)N3C(=O)Nc2ccccc2)c(Cl)c1. The molecule has 2 aliphatic rings. The molecular weight excluding hydrogens is 415 g/mol. The van der Waals surface area contributed by atoms with E-state index in [4.69, 9.17) is 23.2 Å². The van der Waals surface area contributed by atoms with Gasteiger partial charge in [-0.25, -0.2) is 4.79 Å². The fraction of sp³-hybridized carbons (Fsp3) is 0.480. The third-order valence-electron chi connectivity index (χ3n) is 6.80. The largest absolute Gasteiger partial charge is 0.322 e. The summed E-state index contributed by atoms with van der Waals surface area (Å²) in [5, 5.41) is 4.67. The van der Waals surface area contributed by atoms with E-state index >= 15 is 0 Å². The second-order valence-electron chi connectivity index (χ2n) is 8.70. The number of benzene rings is 2. The van der Waals surface area contributed by atoms with E-state index in [-0.39, 0.29) is 6.03 Å². The van der Waals surface area contributed by atoms with Gasteiger partial charge in [0.25, 0.3) is 0 Å². The molecule has 2 bridgehead atoms. The van der Waals surface area contributed by atoms with Crippen LogP contribution >= 0.6 is 23.2 Å². The lowest BCUT2D eigenvalue weighted by Crippen LogP contribution is -2.42. The highest BCUT2D eigenvalue weighted by Crippen LogP contribution is 2.39. The Hall–Kier alpha value is -1.71. The molecular formula is C25H30Cl2N2O. The van der Waals surface area contributed by atoms with Gasteiger partial charge >= 0.3 is 6.03 Å². The highest BCUT2D eigenvalue weighted by atomic mass is 35.5. The molecule has 0 aromatic heterocycles. The standard InChI is InChI=1S/C25H30Cl2N2O/c1-2-17-15-23(26)22(24(27)16-17)13-9-18-8-10-20-11-12-21(14-18)29(20)25(30)28-19-6-4-3-5-7-19/h3-7,15-16,18,20-21H,2,8-14H2,1H3,(H,28,30). The summed E-state index contributed by atoms with van der Waals surface area (Å²) in [6, 6.07) is 14.6. The Morgan fingerprint density at radius 3 is 2.40 bits per heavy atom. The number of rotatable bonds is 5. The Morgan fingerprint density at radius 2 is 1.70 bits per heavy atom. The molecule has 0 saturated carbocycles. The van der Waals surface area contributed by atoms with E-state index in [2.05, 4.69) is 17.1 Å². The van der Waals surface area contributed by atoms with Crippen molar-refractivity contribution in [3.05, 3.63) is 63.6 Å². The maximum absolute atomic E-state index is 13.0. The van der Waals surface area contributed by atoms with Crippen molar-refractivity contribution in [2.45, 2.75) is 70.4 Å². The zero-order chi connectivity index (χ0) is 21.1. The van der Waals surface area contributed by atoms with Gasteiger partial charge in [-0.05, 0) is 92.7 Å². The molecule has 160 valence electrons. The number of nitrogens with one attached hydrogen (secondary N) is 1. The number of hydrogen-bond donors (Lipinski definition) is 1. The van der Waals surface area contributed by atoms with Crippen molar-refractivity contribution < 1.29 is 4.79 Å². The van der Waals surface area contributed by atoms with Crippen LogP contribution < -0.4 is 5.32 Å². The van der Waals surface area contributed by atoms with Crippen LogP contribution in [-0.2, 0) is 12.8 Å². The fourth-order valence-electron chi connectivity index (χ4n) is 5.16.